The zero-order valence-electron chi connectivity index (χ0n) is 17.0. The average molecular weight is 381 g/mol. The molecule has 0 atom stereocenters. The molecule has 2 heterocycles. The second kappa shape index (κ2) is 6.28. The van der Waals surface area contributed by atoms with Crippen molar-refractivity contribution < 1.29 is 9.30 Å². The molecule has 0 radical (unpaired) electrons. The van der Waals surface area contributed by atoms with Crippen molar-refractivity contribution in [1.82, 2.24) is 4.98 Å². The van der Waals surface area contributed by atoms with E-state index in [-0.39, 0.29) is 0 Å². The van der Waals surface area contributed by atoms with E-state index in [1.54, 1.807) is 0 Å². The first-order chi connectivity index (χ1) is 14.2. The Bertz CT molecular complexity index is 1290. The molecule has 0 unspecified atom stereocenters. The minimum absolute atomic E-state index is 0.610. The number of hydrogen-bond acceptors (Lipinski definition) is 2. The summed E-state index contributed by atoms with van der Waals surface area (Å²) in [5, 5.41) is 2.41. The van der Waals surface area contributed by atoms with Gasteiger partial charge in [-0.3, -0.25) is 0 Å². The van der Waals surface area contributed by atoms with Crippen molar-refractivity contribution in [1.29, 1.82) is 0 Å². The normalized spacial score (nSPS) is 16.1. The lowest BCUT2D eigenvalue weighted by atomic mass is 9.83. The Morgan fingerprint density at radius 3 is 2.66 bits per heavy atom. The molecule has 2 aliphatic rings. The summed E-state index contributed by atoms with van der Waals surface area (Å²) in [5.41, 5.74) is 7.27. The number of fused-ring (bicyclic) bond motifs is 3. The molecule has 0 N–H and O–H groups in total. The maximum absolute atomic E-state index is 6.40. The molecule has 3 aromatic carbocycles. The van der Waals surface area contributed by atoms with E-state index in [2.05, 4.69) is 67.1 Å². The first-order valence-electron chi connectivity index (χ1n) is 10.8. The number of hydrogen-bond donors (Lipinski definition) is 0. The average Bonchev–Trinajstić information content (AvgIpc) is 2.76. The first kappa shape index (κ1) is 17.0. The second-order valence-corrected chi connectivity index (χ2v) is 8.59. The highest BCUT2D eigenvalue weighted by atomic mass is 16.5. The SMILES string of the molecule is Cc1ccc2cccc3c2c1-c1c(nc2c(C4CCCCC4)cccc2[n+]1C)O3. The molecule has 1 saturated carbocycles. The van der Waals surface area contributed by atoms with Crippen LogP contribution in [0, 0.1) is 6.92 Å². The van der Waals surface area contributed by atoms with Crippen molar-refractivity contribution in [3.8, 4) is 22.9 Å². The van der Waals surface area contributed by atoms with E-state index in [0.29, 0.717) is 5.92 Å². The van der Waals surface area contributed by atoms with Crippen LogP contribution in [-0.2, 0) is 7.05 Å². The van der Waals surface area contributed by atoms with Crippen LogP contribution in [0.2, 0.25) is 0 Å². The van der Waals surface area contributed by atoms with Crippen LogP contribution in [0.3, 0.4) is 0 Å². The van der Waals surface area contributed by atoms with Crippen LogP contribution in [0.25, 0.3) is 33.1 Å². The molecule has 4 aromatic rings. The summed E-state index contributed by atoms with van der Waals surface area (Å²) >= 11 is 0. The Hall–Kier alpha value is -2.94. The maximum atomic E-state index is 6.40. The van der Waals surface area contributed by atoms with Crippen molar-refractivity contribution in [2.75, 3.05) is 0 Å². The Balaban J connectivity index is 1.67. The lowest BCUT2D eigenvalue weighted by Gasteiger charge is -2.24. The smallest absolute Gasteiger partial charge is 0.294 e. The number of rotatable bonds is 1. The third-order valence-corrected chi connectivity index (χ3v) is 6.86. The molecule has 1 aliphatic heterocycles. The lowest BCUT2D eigenvalue weighted by molar-refractivity contribution is -0.634. The molecule has 6 rings (SSSR count). The number of nitrogens with zero attached hydrogens (tertiary/aromatic N) is 2. The summed E-state index contributed by atoms with van der Waals surface area (Å²) in [6, 6.07) is 17.4. The molecule has 29 heavy (non-hydrogen) atoms. The van der Waals surface area contributed by atoms with Crippen LogP contribution >= 0.6 is 0 Å². The van der Waals surface area contributed by atoms with Crippen LogP contribution in [-0.4, -0.2) is 4.98 Å². The second-order valence-electron chi connectivity index (χ2n) is 8.59. The van der Waals surface area contributed by atoms with E-state index in [0.717, 1.165) is 22.8 Å². The highest BCUT2D eigenvalue weighted by Crippen LogP contribution is 2.46. The first-order valence-corrected chi connectivity index (χ1v) is 10.8. The molecule has 0 saturated heterocycles. The van der Waals surface area contributed by atoms with Gasteiger partial charge in [0.2, 0.25) is 5.52 Å². The zero-order chi connectivity index (χ0) is 19.5. The van der Waals surface area contributed by atoms with Crippen LogP contribution in [0.15, 0.2) is 48.5 Å². The van der Waals surface area contributed by atoms with E-state index >= 15 is 0 Å². The van der Waals surface area contributed by atoms with Gasteiger partial charge in [0.25, 0.3) is 11.6 Å². The zero-order valence-corrected chi connectivity index (χ0v) is 17.0. The van der Waals surface area contributed by atoms with Crippen molar-refractivity contribution >= 4 is 21.8 Å². The summed E-state index contributed by atoms with van der Waals surface area (Å²) < 4.78 is 8.70. The van der Waals surface area contributed by atoms with Gasteiger partial charge in [-0.25, -0.2) is 4.98 Å². The molecular weight excluding hydrogens is 356 g/mol. The molecule has 0 bridgehead atoms. The molecule has 144 valence electrons. The number of benzene rings is 3. The quantitative estimate of drug-likeness (QED) is 0.317. The maximum Gasteiger partial charge on any atom is 0.294 e. The minimum Gasteiger partial charge on any atom is -0.433 e. The van der Waals surface area contributed by atoms with Crippen molar-refractivity contribution in [2.45, 2.75) is 44.9 Å². The van der Waals surface area contributed by atoms with Crippen LogP contribution in [0.5, 0.6) is 11.6 Å². The molecule has 1 aliphatic carbocycles. The molecule has 3 nitrogen and oxygen atoms in total. The fraction of sp³-hybridized carbons (Fsp3) is 0.308. The highest BCUT2D eigenvalue weighted by molar-refractivity contribution is 6.04. The van der Waals surface area contributed by atoms with Crippen molar-refractivity contribution in [2.24, 2.45) is 7.05 Å². The Morgan fingerprint density at radius 1 is 0.966 bits per heavy atom. The summed E-state index contributed by atoms with van der Waals surface area (Å²) in [6.45, 7) is 2.18. The Morgan fingerprint density at radius 2 is 1.79 bits per heavy atom. The van der Waals surface area contributed by atoms with Crippen LogP contribution < -0.4 is 9.30 Å². The van der Waals surface area contributed by atoms with Gasteiger partial charge in [-0.15, -0.1) is 0 Å². The predicted octanol–water partition coefficient (Wildman–Crippen LogP) is 6.34. The number of ether oxygens (including phenoxy) is 1. The van der Waals surface area contributed by atoms with Crippen molar-refractivity contribution in [3.63, 3.8) is 0 Å². The van der Waals surface area contributed by atoms with Gasteiger partial charge >= 0.3 is 0 Å². The lowest BCUT2D eigenvalue weighted by Crippen LogP contribution is -2.34. The molecule has 0 amide bonds. The third kappa shape index (κ3) is 2.43. The number of aromatic nitrogens is 2. The fourth-order valence-corrected chi connectivity index (χ4v) is 5.39. The molecule has 1 aromatic heterocycles. The molecule has 0 spiro atoms. The Kier molecular flexibility index (Phi) is 3.67. The van der Waals surface area contributed by atoms with E-state index in [1.807, 2.05) is 0 Å². The summed E-state index contributed by atoms with van der Waals surface area (Å²) in [6.07, 6.45) is 6.54. The summed E-state index contributed by atoms with van der Waals surface area (Å²) in [4.78, 5) is 5.14. The van der Waals surface area contributed by atoms with Gasteiger partial charge in [0.05, 0.1) is 5.56 Å². The third-order valence-electron chi connectivity index (χ3n) is 6.86. The van der Waals surface area contributed by atoms with Gasteiger partial charge in [0.15, 0.2) is 0 Å². The standard InChI is InChI=1S/C26H25N2O/c1-16-14-15-18-10-6-13-21-23(18)22(16)25-26(29-21)27-24-19(17-8-4-3-5-9-17)11-7-12-20(24)28(25)2/h6-7,10-15,17H,3-5,8-9H2,1-2H3/q+1. The van der Waals surface area contributed by atoms with Crippen LogP contribution in [0.1, 0.15) is 49.1 Å². The van der Waals surface area contributed by atoms with E-state index < -0.39 is 0 Å². The molecule has 3 heteroatoms. The summed E-state index contributed by atoms with van der Waals surface area (Å²) in [5.74, 6) is 2.26. The van der Waals surface area contributed by atoms with E-state index in [9.17, 15) is 0 Å². The van der Waals surface area contributed by atoms with Gasteiger partial charge < -0.3 is 4.74 Å². The van der Waals surface area contributed by atoms with Gasteiger partial charge in [-0.05, 0) is 48.3 Å². The van der Waals surface area contributed by atoms with Gasteiger partial charge in [0, 0.05) is 11.5 Å². The fourth-order valence-electron chi connectivity index (χ4n) is 5.39. The molecule has 1 fully saturated rings. The number of para-hydroxylation sites is 1. The van der Waals surface area contributed by atoms with Gasteiger partial charge in [-0.2, -0.15) is 4.57 Å². The Labute approximate surface area is 171 Å². The van der Waals surface area contributed by atoms with Crippen molar-refractivity contribution in [3.05, 3.63) is 59.7 Å². The summed E-state index contributed by atoms with van der Waals surface area (Å²) in [7, 11) is 2.16. The van der Waals surface area contributed by atoms with Gasteiger partial charge in [0.1, 0.15) is 18.3 Å². The highest BCUT2D eigenvalue weighted by Gasteiger charge is 2.33. The predicted molar refractivity (Wildman–Crippen MR) is 116 cm³/mol. The largest absolute Gasteiger partial charge is 0.433 e. The minimum atomic E-state index is 0.610. The van der Waals surface area contributed by atoms with Gasteiger partial charge in [-0.1, -0.05) is 55.7 Å². The number of aryl methyl sites for hydroxylation is 2. The monoisotopic (exact) mass is 381 g/mol. The molecular formula is C26H25N2O+. The van der Waals surface area contributed by atoms with E-state index in [4.69, 9.17) is 9.72 Å². The van der Waals surface area contributed by atoms with Crippen LogP contribution in [0.4, 0.5) is 0 Å². The topological polar surface area (TPSA) is 26.0 Å². The van der Waals surface area contributed by atoms with E-state index in [1.165, 1.54) is 65.1 Å².